The van der Waals surface area contributed by atoms with Gasteiger partial charge < -0.3 is 24.1 Å². The molecule has 1 N–H and O–H groups in total. The summed E-state index contributed by atoms with van der Waals surface area (Å²) in [5.41, 5.74) is 1.32. The fraction of sp³-hybridized carbons (Fsp3) is 0.357. The highest BCUT2D eigenvalue weighted by atomic mass is 35.5. The quantitative estimate of drug-likeness (QED) is 0.265. The van der Waals surface area contributed by atoms with Gasteiger partial charge in [0.15, 0.2) is 29.5 Å². The van der Waals surface area contributed by atoms with Crippen molar-refractivity contribution in [3.63, 3.8) is 0 Å². The van der Waals surface area contributed by atoms with Crippen LogP contribution in [0.3, 0.4) is 0 Å². The molecule has 0 aliphatic carbocycles. The minimum absolute atomic E-state index is 0.119. The van der Waals surface area contributed by atoms with E-state index >= 15 is 0 Å². The van der Waals surface area contributed by atoms with Crippen LogP contribution in [-0.2, 0) is 35.1 Å². The molecule has 12 nitrogen and oxygen atoms in total. The van der Waals surface area contributed by atoms with E-state index in [1.807, 2.05) is 6.07 Å². The smallest absolute Gasteiger partial charge is 0.381 e. The molecule has 2 aromatic carbocycles. The van der Waals surface area contributed by atoms with Crippen molar-refractivity contribution >= 4 is 53.0 Å². The third kappa shape index (κ3) is 5.92. The molecular weight excluding hydrogens is 617 g/mol. The second-order valence-corrected chi connectivity index (χ2v) is 13.5. The number of aromatic nitrogens is 4. The first-order chi connectivity index (χ1) is 21.0. The van der Waals surface area contributed by atoms with Gasteiger partial charge in [0, 0.05) is 24.0 Å². The number of carbonyl (C=O) groups is 1. The Bertz CT molecular complexity index is 1670. The van der Waals surface area contributed by atoms with Gasteiger partial charge in [0.25, 0.3) is 5.91 Å². The summed E-state index contributed by atoms with van der Waals surface area (Å²) in [6.07, 6.45) is 2.57. The average Bonchev–Trinajstić information content (AvgIpc) is 3.61. The number of nitrogens with zero attached hydrogens (tertiary/aromatic N) is 4. The van der Waals surface area contributed by atoms with E-state index in [-0.39, 0.29) is 18.3 Å². The molecule has 3 aliphatic rings. The molecule has 3 saturated heterocycles. The summed E-state index contributed by atoms with van der Waals surface area (Å²) in [5.74, 6) is 0.324. The van der Waals surface area contributed by atoms with E-state index in [2.05, 4.69) is 20.3 Å². The summed E-state index contributed by atoms with van der Waals surface area (Å²) in [6, 6.07) is 15.8. The molecule has 5 heterocycles. The molecule has 0 radical (unpaired) electrons. The minimum atomic E-state index is -3.28. The second-order valence-electron chi connectivity index (χ2n) is 10.2. The van der Waals surface area contributed by atoms with Gasteiger partial charge >= 0.3 is 6.72 Å². The van der Waals surface area contributed by atoms with Crippen LogP contribution in [-0.4, -0.2) is 63.2 Å². The minimum Gasteiger partial charge on any atom is -0.423 e. The van der Waals surface area contributed by atoms with Crippen LogP contribution in [0.15, 0.2) is 67.3 Å². The number of benzene rings is 2. The molecule has 4 unspecified atom stereocenters. The van der Waals surface area contributed by atoms with E-state index in [0.717, 1.165) is 19.3 Å². The normalized spacial score (nSPS) is 28.8. The number of hydrogen-bond acceptors (Lipinski definition) is 11. The lowest BCUT2D eigenvalue weighted by atomic mass is 10.1. The Labute approximate surface area is 256 Å². The summed E-state index contributed by atoms with van der Waals surface area (Å²) in [7, 11) is 0. The van der Waals surface area contributed by atoms with E-state index < -0.39 is 37.5 Å². The van der Waals surface area contributed by atoms with Crippen molar-refractivity contribution < 1.29 is 32.6 Å². The van der Waals surface area contributed by atoms with E-state index in [0.29, 0.717) is 34.1 Å². The lowest BCUT2D eigenvalue weighted by Gasteiger charge is -2.36. The summed E-state index contributed by atoms with van der Waals surface area (Å²) >= 11 is 12.1. The number of fused-ring (bicyclic) bond motifs is 2. The fourth-order valence-corrected chi connectivity index (χ4v) is 7.65. The van der Waals surface area contributed by atoms with Crippen molar-refractivity contribution in [2.45, 2.75) is 50.1 Å². The summed E-state index contributed by atoms with van der Waals surface area (Å²) in [5, 5.41) is 3.22. The zero-order chi connectivity index (χ0) is 29.4. The van der Waals surface area contributed by atoms with Crippen LogP contribution in [0.2, 0.25) is 5.02 Å². The number of halogens is 1. The van der Waals surface area contributed by atoms with Crippen LogP contribution in [0.4, 0.5) is 5.82 Å². The highest BCUT2D eigenvalue weighted by Crippen LogP contribution is 2.58. The first-order valence-electron chi connectivity index (χ1n) is 13.8. The third-order valence-electron chi connectivity index (χ3n) is 7.33. The predicted octanol–water partition coefficient (Wildman–Crippen LogP) is 5.26. The van der Waals surface area contributed by atoms with Crippen molar-refractivity contribution in [1.82, 2.24) is 19.5 Å². The van der Waals surface area contributed by atoms with Crippen LogP contribution >= 0.6 is 18.3 Å². The first-order valence-corrected chi connectivity index (χ1v) is 16.7. The Hall–Kier alpha value is -3.00. The first kappa shape index (κ1) is 28.8. The standard InChI is InChI=1S/C28H27ClN5O7PS/c29-18-10-4-5-11-19(18)40-42(43)37-14-20-23(41-42)24(39-21-12-6-7-13-36-21)28(38-20)34-16-32-22-25(30-15-31-26(22)34)33-27(35)17-8-2-1-3-9-17/h1-5,8-11,15-16,20-21,23-24,28H,6-7,12-14H2,(H,30,31,33,35)/t20-,21?,23?,24?,28-,42?/m1/s1. The molecule has 0 saturated carbocycles. The highest BCUT2D eigenvalue weighted by molar-refractivity contribution is 8.07. The fourth-order valence-electron chi connectivity index (χ4n) is 5.26. The Balaban J connectivity index is 1.19. The van der Waals surface area contributed by atoms with Gasteiger partial charge in [-0.2, -0.15) is 0 Å². The number of ether oxygens (including phenoxy) is 3. The lowest BCUT2D eigenvalue weighted by Crippen LogP contribution is -2.43. The zero-order valence-electron chi connectivity index (χ0n) is 22.7. The summed E-state index contributed by atoms with van der Waals surface area (Å²) in [4.78, 5) is 26.1. The molecule has 1 amide bonds. The monoisotopic (exact) mass is 643 g/mol. The number of hydrogen-bond donors (Lipinski definition) is 1. The molecule has 6 atom stereocenters. The van der Waals surface area contributed by atoms with Gasteiger partial charge in [-0.05, 0) is 43.5 Å². The third-order valence-corrected chi connectivity index (χ3v) is 9.83. The van der Waals surface area contributed by atoms with Crippen molar-refractivity contribution in [2.24, 2.45) is 0 Å². The van der Waals surface area contributed by atoms with Crippen LogP contribution in [0.1, 0.15) is 35.8 Å². The molecule has 3 fully saturated rings. The maximum Gasteiger partial charge on any atom is 0.381 e. The summed E-state index contributed by atoms with van der Waals surface area (Å²) < 4.78 is 39.0. The molecule has 15 heteroatoms. The predicted molar refractivity (Wildman–Crippen MR) is 159 cm³/mol. The van der Waals surface area contributed by atoms with Gasteiger partial charge in [0.1, 0.15) is 30.4 Å². The van der Waals surface area contributed by atoms with Gasteiger partial charge in [-0.3, -0.25) is 18.4 Å². The molecule has 0 spiro atoms. The second kappa shape index (κ2) is 12.2. The number of rotatable bonds is 7. The van der Waals surface area contributed by atoms with Crippen LogP contribution in [0.5, 0.6) is 5.75 Å². The molecule has 3 aliphatic heterocycles. The molecule has 2 aromatic heterocycles. The largest absolute Gasteiger partial charge is 0.423 e. The molecule has 7 rings (SSSR count). The molecule has 0 bridgehead atoms. The number of amides is 1. The van der Waals surface area contributed by atoms with Gasteiger partial charge in [-0.1, -0.05) is 41.9 Å². The van der Waals surface area contributed by atoms with Gasteiger partial charge in [0.05, 0.1) is 18.0 Å². The number of carbonyl (C=O) groups excluding carboxylic acids is 1. The number of para-hydroxylation sites is 1. The highest BCUT2D eigenvalue weighted by Gasteiger charge is 2.54. The Morgan fingerprint density at radius 3 is 2.74 bits per heavy atom. The van der Waals surface area contributed by atoms with Crippen LogP contribution < -0.4 is 9.84 Å². The van der Waals surface area contributed by atoms with Crippen molar-refractivity contribution in [1.29, 1.82) is 0 Å². The number of anilines is 1. The molecular formula is C28H27ClN5O7PS. The SMILES string of the molecule is O=C(Nc1ncnc2c1ncn2[C@@H]1O[C@@H]2COP(=S)(Oc3ccccc3Cl)OC2C1OC1CCCCO1)c1ccccc1. The summed E-state index contributed by atoms with van der Waals surface area (Å²) in [6.45, 7) is -2.56. The lowest BCUT2D eigenvalue weighted by molar-refractivity contribution is -0.213. The van der Waals surface area contributed by atoms with E-state index in [1.54, 1.807) is 59.4 Å². The maximum absolute atomic E-state index is 12.9. The Kier molecular flexibility index (Phi) is 8.14. The van der Waals surface area contributed by atoms with Crippen LogP contribution in [0, 0.1) is 0 Å². The topological polar surface area (TPSA) is 128 Å². The van der Waals surface area contributed by atoms with Gasteiger partial charge in [-0.15, -0.1) is 0 Å². The van der Waals surface area contributed by atoms with Crippen molar-refractivity contribution in [2.75, 3.05) is 18.5 Å². The van der Waals surface area contributed by atoms with Gasteiger partial charge in [-0.25, -0.2) is 15.0 Å². The molecule has 224 valence electrons. The average molecular weight is 644 g/mol. The number of nitrogens with one attached hydrogen (secondary N) is 1. The Morgan fingerprint density at radius 1 is 1.09 bits per heavy atom. The molecule has 43 heavy (non-hydrogen) atoms. The van der Waals surface area contributed by atoms with E-state index in [4.69, 9.17) is 51.2 Å². The van der Waals surface area contributed by atoms with Crippen LogP contribution in [0.25, 0.3) is 11.2 Å². The maximum atomic E-state index is 12.9. The van der Waals surface area contributed by atoms with E-state index in [9.17, 15) is 4.79 Å². The van der Waals surface area contributed by atoms with Gasteiger partial charge in [0.2, 0.25) is 0 Å². The Morgan fingerprint density at radius 2 is 1.93 bits per heavy atom. The van der Waals surface area contributed by atoms with E-state index in [1.165, 1.54) is 6.33 Å². The molecule has 4 aromatic rings. The van der Waals surface area contributed by atoms with Crippen molar-refractivity contribution in [3.05, 3.63) is 77.8 Å². The van der Waals surface area contributed by atoms with Crippen molar-refractivity contribution in [3.8, 4) is 5.75 Å². The number of imidazole rings is 1. The zero-order valence-corrected chi connectivity index (χ0v) is 25.1.